The van der Waals surface area contributed by atoms with Crippen molar-refractivity contribution >= 4 is 16.7 Å². The topological polar surface area (TPSA) is 35.5 Å². The molecule has 0 spiro atoms. The molecule has 0 aliphatic carbocycles. The minimum atomic E-state index is -0.229. The molecule has 94 valence electrons. The highest BCUT2D eigenvalue weighted by Crippen LogP contribution is 2.35. The van der Waals surface area contributed by atoms with E-state index in [9.17, 15) is 4.79 Å². The molecule has 0 bridgehead atoms. The Morgan fingerprint density at radius 2 is 1.94 bits per heavy atom. The van der Waals surface area contributed by atoms with Crippen molar-refractivity contribution in [1.29, 1.82) is 0 Å². The van der Waals surface area contributed by atoms with Gasteiger partial charge >= 0.3 is 5.97 Å². The summed E-state index contributed by atoms with van der Waals surface area (Å²) in [6, 6.07) is 11.5. The van der Waals surface area contributed by atoms with Gasteiger partial charge in [-0.15, -0.1) is 0 Å². The van der Waals surface area contributed by atoms with Crippen LogP contribution >= 0.6 is 0 Å². The number of ether oxygens (including phenoxy) is 2. The van der Waals surface area contributed by atoms with Crippen LogP contribution in [0, 0.1) is 0 Å². The Morgan fingerprint density at radius 3 is 2.67 bits per heavy atom. The highest BCUT2D eigenvalue weighted by Gasteiger charge is 2.13. The first-order chi connectivity index (χ1) is 8.76. The van der Waals surface area contributed by atoms with E-state index in [1.807, 2.05) is 43.3 Å². The summed E-state index contributed by atoms with van der Waals surface area (Å²) in [6.45, 7) is 1.95. The first-order valence-electron chi connectivity index (χ1n) is 6.02. The van der Waals surface area contributed by atoms with E-state index in [0.29, 0.717) is 17.9 Å². The molecule has 0 amide bonds. The third kappa shape index (κ3) is 2.45. The number of esters is 1. The van der Waals surface area contributed by atoms with Gasteiger partial charge < -0.3 is 9.47 Å². The maximum Gasteiger partial charge on any atom is 0.311 e. The van der Waals surface area contributed by atoms with Crippen LogP contribution in [0.1, 0.15) is 19.8 Å². The second-order valence-electron chi connectivity index (χ2n) is 4.04. The van der Waals surface area contributed by atoms with E-state index in [-0.39, 0.29) is 5.97 Å². The first kappa shape index (κ1) is 12.4. The van der Waals surface area contributed by atoms with Gasteiger partial charge in [0.2, 0.25) is 0 Å². The van der Waals surface area contributed by atoms with Crippen LogP contribution < -0.4 is 9.47 Å². The molecule has 2 aromatic rings. The minimum Gasteiger partial charge on any atom is -0.493 e. The molecule has 0 N–H and O–H groups in total. The molecule has 18 heavy (non-hydrogen) atoms. The van der Waals surface area contributed by atoms with E-state index in [0.717, 1.165) is 17.2 Å². The van der Waals surface area contributed by atoms with Crippen LogP contribution in [0.5, 0.6) is 11.5 Å². The Bertz CT molecular complexity index is 561. The zero-order chi connectivity index (χ0) is 13.0. The highest BCUT2D eigenvalue weighted by molar-refractivity contribution is 5.92. The van der Waals surface area contributed by atoms with E-state index in [4.69, 9.17) is 9.47 Å². The fraction of sp³-hybridized carbons (Fsp3) is 0.267. The van der Waals surface area contributed by atoms with Crippen molar-refractivity contribution in [3.63, 3.8) is 0 Å². The first-order valence-corrected chi connectivity index (χ1v) is 6.02. The van der Waals surface area contributed by atoms with Crippen molar-refractivity contribution in [3.8, 4) is 11.5 Å². The standard InChI is InChI=1S/C15H16O3/c1-3-6-14(16)18-15-12-8-5-4-7-11(12)9-10-13(15)17-2/h4-5,7-10H,3,6H2,1-2H3. The monoisotopic (exact) mass is 244 g/mol. The second kappa shape index (κ2) is 5.54. The summed E-state index contributed by atoms with van der Waals surface area (Å²) >= 11 is 0. The lowest BCUT2D eigenvalue weighted by atomic mass is 10.1. The Morgan fingerprint density at radius 1 is 1.17 bits per heavy atom. The molecule has 0 saturated heterocycles. The van der Waals surface area contributed by atoms with Crippen molar-refractivity contribution in [2.24, 2.45) is 0 Å². The SMILES string of the molecule is CCCC(=O)Oc1c(OC)ccc2ccccc12. The summed E-state index contributed by atoms with van der Waals surface area (Å²) < 4.78 is 10.7. The third-order valence-corrected chi connectivity index (χ3v) is 2.73. The van der Waals surface area contributed by atoms with E-state index in [2.05, 4.69) is 0 Å². The highest BCUT2D eigenvalue weighted by atomic mass is 16.6. The van der Waals surface area contributed by atoms with Crippen LogP contribution in [0.15, 0.2) is 36.4 Å². The van der Waals surface area contributed by atoms with Crippen LogP contribution in [-0.4, -0.2) is 13.1 Å². The molecular formula is C15H16O3. The van der Waals surface area contributed by atoms with Gasteiger partial charge in [0.05, 0.1) is 7.11 Å². The maximum absolute atomic E-state index is 11.6. The predicted molar refractivity (Wildman–Crippen MR) is 71.0 cm³/mol. The number of rotatable bonds is 4. The Labute approximate surface area is 106 Å². The molecule has 2 rings (SSSR count). The molecule has 0 radical (unpaired) electrons. The molecule has 3 heteroatoms. The molecule has 0 atom stereocenters. The Kier molecular flexibility index (Phi) is 3.82. The van der Waals surface area contributed by atoms with Gasteiger partial charge in [0.25, 0.3) is 0 Å². The van der Waals surface area contributed by atoms with Crippen LogP contribution in [0.25, 0.3) is 10.8 Å². The van der Waals surface area contributed by atoms with E-state index >= 15 is 0 Å². The molecule has 0 saturated carbocycles. The van der Waals surface area contributed by atoms with Gasteiger partial charge in [-0.3, -0.25) is 4.79 Å². The van der Waals surface area contributed by atoms with Gasteiger partial charge in [-0.25, -0.2) is 0 Å². The Balaban J connectivity index is 2.47. The number of carbonyl (C=O) groups is 1. The third-order valence-electron chi connectivity index (χ3n) is 2.73. The van der Waals surface area contributed by atoms with Gasteiger partial charge in [-0.2, -0.15) is 0 Å². The van der Waals surface area contributed by atoms with Gasteiger partial charge in [-0.1, -0.05) is 37.3 Å². The lowest BCUT2D eigenvalue weighted by molar-refractivity contribution is -0.134. The maximum atomic E-state index is 11.6. The number of hydrogen-bond acceptors (Lipinski definition) is 3. The van der Waals surface area contributed by atoms with Gasteiger partial charge in [0.15, 0.2) is 11.5 Å². The number of hydrogen-bond donors (Lipinski definition) is 0. The van der Waals surface area contributed by atoms with Crippen LogP contribution in [0.3, 0.4) is 0 Å². The van der Waals surface area contributed by atoms with Crippen molar-refractivity contribution in [3.05, 3.63) is 36.4 Å². The number of fused-ring (bicyclic) bond motifs is 1. The van der Waals surface area contributed by atoms with E-state index in [1.54, 1.807) is 7.11 Å². The van der Waals surface area contributed by atoms with Crippen LogP contribution in [0.4, 0.5) is 0 Å². The summed E-state index contributed by atoms with van der Waals surface area (Å²) in [5.41, 5.74) is 0. The molecule has 2 aromatic carbocycles. The van der Waals surface area contributed by atoms with Gasteiger partial charge in [0, 0.05) is 11.8 Å². The molecule has 0 heterocycles. The van der Waals surface area contributed by atoms with Crippen LogP contribution in [0.2, 0.25) is 0 Å². The Hall–Kier alpha value is -2.03. The molecule has 0 unspecified atom stereocenters. The normalized spacial score (nSPS) is 10.3. The number of methoxy groups -OCH3 is 1. The van der Waals surface area contributed by atoms with Gasteiger partial charge in [0.1, 0.15) is 0 Å². The molecule has 3 nitrogen and oxygen atoms in total. The lowest BCUT2D eigenvalue weighted by Crippen LogP contribution is -2.08. The lowest BCUT2D eigenvalue weighted by Gasteiger charge is -2.11. The molecule has 0 aromatic heterocycles. The van der Waals surface area contributed by atoms with E-state index < -0.39 is 0 Å². The fourth-order valence-electron chi connectivity index (χ4n) is 1.86. The second-order valence-corrected chi connectivity index (χ2v) is 4.04. The minimum absolute atomic E-state index is 0.229. The van der Waals surface area contributed by atoms with Crippen molar-refractivity contribution in [2.75, 3.05) is 7.11 Å². The summed E-state index contributed by atoms with van der Waals surface area (Å²) in [5, 5.41) is 1.92. The molecule has 0 fully saturated rings. The van der Waals surface area contributed by atoms with Crippen LogP contribution in [-0.2, 0) is 4.79 Å². The molecule has 0 aliphatic heterocycles. The average Bonchev–Trinajstić information content (AvgIpc) is 2.39. The van der Waals surface area contributed by atoms with E-state index in [1.165, 1.54) is 0 Å². The average molecular weight is 244 g/mol. The largest absolute Gasteiger partial charge is 0.493 e. The predicted octanol–water partition coefficient (Wildman–Crippen LogP) is 3.55. The van der Waals surface area contributed by atoms with Crippen molar-refractivity contribution < 1.29 is 14.3 Å². The molecule has 0 aliphatic rings. The van der Waals surface area contributed by atoms with Crippen molar-refractivity contribution in [2.45, 2.75) is 19.8 Å². The summed E-state index contributed by atoms with van der Waals surface area (Å²) in [7, 11) is 1.57. The number of benzene rings is 2. The summed E-state index contributed by atoms with van der Waals surface area (Å²) in [6.07, 6.45) is 1.18. The molecular weight excluding hydrogens is 228 g/mol. The smallest absolute Gasteiger partial charge is 0.311 e. The van der Waals surface area contributed by atoms with Crippen molar-refractivity contribution in [1.82, 2.24) is 0 Å². The zero-order valence-corrected chi connectivity index (χ0v) is 10.6. The summed E-state index contributed by atoms with van der Waals surface area (Å²) in [4.78, 5) is 11.6. The van der Waals surface area contributed by atoms with Gasteiger partial charge in [-0.05, 0) is 17.9 Å². The fourth-order valence-corrected chi connectivity index (χ4v) is 1.86. The summed E-state index contributed by atoms with van der Waals surface area (Å²) in [5.74, 6) is 0.861. The zero-order valence-electron chi connectivity index (χ0n) is 10.6. The quantitative estimate of drug-likeness (QED) is 0.609. The number of carbonyl (C=O) groups excluding carboxylic acids is 1.